The summed E-state index contributed by atoms with van der Waals surface area (Å²) >= 11 is 0. The Morgan fingerprint density at radius 1 is 1.69 bits per heavy atom. The molecule has 74 valence electrons. The van der Waals surface area contributed by atoms with Gasteiger partial charge in [0, 0.05) is 6.42 Å². The summed E-state index contributed by atoms with van der Waals surface area (Å²) in [6.07, 6.45) is 4.38. The van der Waals surface area contributed by atoms with Crippen molar-refractivity contribution in [1.29, 1.82) is 0 Å². The summed E-state index contributed by atoms with van der Waals surface area (Å²) in [6.45, 7) is 3.78. The fourth-order valence-electron chi connectivity index (χ4n) is 1.28. The lowest BCUT2D eigenvalue weighted by molar-refractivity contribution is -0.143. The van der Waals surface area contributed by atoms with E-state index in [4.69, 9.17) is 9.47 Å². The molecule has 0 aliphatic carbocycles. The van der Waals surface area contributed by atoms with E-state index in [1.807, 2.05) is 6.92 Å². The van der Waals surface area contributed by atoms with Gasteiger partial charge >= 0.3 is 5.97 Å². The van der Waals surface area contributed by atoms with Crippen LogP contribution in [0.15, 0.2) is 11.6 Å². The predicted octanol–water partition coefficient (Wildman–Crippen LogP) is 1.68. The number of carbonyl (C=O) groups is 1. The molecule has 0 radical (unpaired) electrons. The zero-order chi connectivity index (χ0) is 9.52. The molecule has 1 heterocycles. The molecule has 0 atom stereocenters. The van der Waals surface area contributed by atoms with Gasteiger partial charge in [-0.2, -0.15) is 0 Å². The average molecular weight is 184 g/mol. The Labute approximate surface area is 78.7 Å². The molecule has 0 saturated heterocycles. The van der Waals surface area contributed by atoms with Crippen molar-refractivity contribution in [2.24, 2.45) is 0 Å². The first-order valence-electron chi connectivity index (χ1n) is 4.74. The lowest BCUT2D eigenvalue weighted by Crippen LogP contribution is -2.09. The monoisotopic (exact) mass is 184 g/mol. The third-order valence-corrected chi connectivity index (χ3v) is 1.94. The first-order chi connectivity index (χ1) is 6.33. The highest BCUT2D eigenvalue weighted by Crippen LogP contribution is 2.11. The third-order valence-electron chi connectivity index (χ3n) is 1.94. The van der Waals surface area contributed by atoms with Gasteiger partial charge in [-0.05, 0) is 25.3 Å². The number of ether oxygens (including phenoxy) is 2. The van der Waals surface area contributed by atoms with Crippen molar-refractivity contribution >= 4 is 5.97 Å². The molecule has 0 aromatic heterocycles. The van der Waals surface area contributed by atoms with E-state index in [2.05, 4.69) is 6.08 Å². The number of hydrogen-bond donors (Lipinski definition) is 0. The Kier molecular flexibility index (Phi) is 4.54. The Hall–Kier alpha value is -0.830. The number of hydrogen-bond acceptors (Lipinski definition) is 3. The third kappa shape index (κ3) is 4.08. The fourth-order valence-corrected chi connectivity index (χ4v) is 1.28. The minimum Gasteiger partial charge on any atom is -0.466 e. The maximum Gasteiger partial charge on any atom is 0.306 e. The molecule has 0 spiro atoms. The molecule has 0 saturated carbocycles. The predicted molar refractivity (Wildman–Crippen MR) is 49.4 cm³/mol. The van der Waals surface area contributed by atoms with Gasteiger partial charge in [0.2, 0.25) is 0 Å². The summed E-state index contributed by atoms with van der Waals surface area (Å²) in [4.78, 5) is 11.0. The Morgan fingerprint density at radius 2 is 2.54 bits per heavy atom. The van der Waals surface area contributed by atoms with Crippen LogP contribution >= 0.6 is 0 Å². The van der Waals surface area contributed by atoms with Gasteiger partial charge in [-0.1, -0.05) is 6.08 Å². The Balaban J connectivity index is 2.17. The maximum atomic E-state index is 11.0. The quantitative estimate of drug-likeness (QED) is 0.492. The molecule has 1 aliphatic heterocycles. The van der Waals surface area contributed by atoms with Gasteiger partial charge < -0.3 is 9.47 Å². The van der Waals surface area contributed by atoms with Crippen molar-refractivity contribution < 1.29 is 14.3 Å². The van der Waals surface area contributed by atoms with Crippen LogP contribution in [0.3, 0.4) is 0 Å². The molecule has 0 N–H and O–H groups in total. The van der Waals surface area contributed by atoms with Crippen LogP contribution in [0.1, 0.15) is 26.2 Å². The molecule has 1 rings (SSSR count). The van der Waals surface area contributed by atoms with Crippen molar-refractivity contribution in [3.05, 3.63) is 11.6 Å². The summed E-state index contributed by atoms with van der Waals surface area (Å²) in [5.41, 5.74) is 1.22. The smallest absolute Gasteiger partial charge is 0.306 e. The summed E-state index contributed by atoms with van der Waals surface area (Å²) < 4.78 is 10.1. The van der Waals surface area contributed by atoms with Crippen molar-refractivity contribution in [2.45, 2.75) is 26.2 Å². The highest BCUT2D eigenvalue weighted by atomic mass is 16.5. The topological polar surface area (TPSA) is 35.5 Å². The maximum absolute atomic E-state index is 11.0. The van der Waals surface area contributed by atoms with Gasteiger partial charge in [0.05, 0.1) is 19.8 Å². The van der Waals surface area contributed by atoms with E-state index < -0.39 is 0 Å². The molecule has 3 nitrogen and oxygen atoms in total. The minimum absolute atomic E-state index is 0.117. The lowest BCUT2D eigenvalue weighted by atomic mass is 10.1. The van der Waals surface area contributed by atoms with Gasteiger partial charge in [0.1, 0.15) is 0 Å². The minimum atomic E-state index is -0.117. The summed E-state index contributed by atoms with van der Waals surface area (Å²) in [5, 5.41) is 0. The van der Waals surface area contributed by atoms with Gasteiger partial charge in [-0.3, -0.25) is 4.79 Å². The molecular formula is C10H16O3. The first-order valence-corrected chi connectivity index (χ1v) is 4.74. The molecule has 0 aromatic carbocycles. The second kappa shape index (κ2) is 5.75. The van der Waals surface area contributed by atoms with Crippen LogP contribution < -0.4 is 0 Å². The van der Waals surface area contributed by atoms with Crippen molar-refractivity contribution in [3.8, 4) is 0 Å². The molecule has 3 heteroatoms. The Bertz CT molecular complexity index is 196. The Morgan fingerprint density at radius 3 is 3.15 bits per heavy atom. The molecule has 0 fully saturated rings. The molecule has 13 heavy (non-hydrogen) atoms. The van der Waals surface area contributed by atoms with Crippen LogP contribution in [-0.4, -0.2) is 25.8 Å². The SMILES string of the molecule is CCOC(=O)CCC1=CCCOC1. The van der Waals surface area contributed by atoms with E-state index in [0.29, 0.717) is 19.6 Å². The average Bonchev–Trinajstić information content (AvgIpc) is 2.17. The van der Waals surface area contributed by atoms with E-state index in [1.54, 1.807) is 0 Å². The highest BCUT2D eigenvalue weighted by molar-refractivity contribution is 5.69. The summed E-state index contributed by atoms with van der Waals surface area (Å²) in [5.74, 6) is -0.117. The van der Waals surface area contributed by atoms with Gasteiger partial charge in [-0.15, -0.1) is 0 Å². The lowest BCUT2D eigenvalue weighted by Gasteiger charge is -2.12. The van der Waals surface area contributed by atoms with Crippen LogP contribution in [0.4, 0.5) is 0 Å². The normalized spacial score (nSPS) is 16.5. The van der Waals surface area contributed by atoms with Crippen molar-refractivity contribution in [2.75, 3.05) is 19.8 Å². The fraction of sp³-hybridized carbons (Fsp3) is 0.700. The molecule has 0 bridgehead atoms. The van der Waals surface area contributed by atoms with Crippen LogP contribution in [-0.2, 0) is 14.3 Å². The number of esters is 1. The van der Waals surface area contributed by atoms with Gasteiger partial charge in [0.25, 0.3) is 0 Å². The van der Waals surface area contributed by atoms with Crippen molar-refractivity contribution in [1.82, 2.24) is 0 Å². The van der Waals surface area contributed by atoms with E-state index in [1.165, 1.54) is 5.57 Å². The largest absolute Gasteiger partial charge is 0.466 e. The second-order valence-electron chi connectivity index (χ2n) is 3.01. The number of rotatable bonds is 4. The van der Waals surface area contributed by atoms with E-state index in [-0.39, 0.29) is 5.97 Å². The second-order valence-corrected chi connectivity index (χ2v) is 3.01. The molecule has 0 aromatic rings. The van der Waals surface area contributed by atoms with Crippen LogP contribution in [0.25, 0.3) is 0 Å². The van der Waals surface area contributed by atoms with Gasteiger partial charge in [-0.25, -0.2) is 0 Å². The highest BCUT2D eigenvalue weighted by Gasteiger charge is 2.07. The zero-order valence-corrected chi connectivity index (χ0v) is 8.04. The van der Waals surface area contributed by atoms with E-state index in [9.17, 15) is 4.79 Å². The van der Waals surface area contributed by atoms with Gasteiger partial charge in [0.15, 0.2) is 0 Å². The van der Waals surface area contributed by atoms with Crippen LogP contribution in [0.5, 0.6) is 0 Å². The van der Waals surface area contributed by atoms with Crippen LogP contribution in [0.2, 0.25) is 0 Å². The molecule has 1 aliphatic rings. The van der Waals surface area contributed by atoms with Crippen LogP contribution in [0, 0.1) is 0 Å². The first kappa shape index (κ1) is 10.3. The summed E-state index contributed by atoms with van der Waals surface area (Å²) in [7, 11) is 0. The number of carbonyl (C=O) groups excluding carboxylic acids is 1. The van der Waals surface area contributed by atoms with E-state index in [0.717, 1.165) is 19.4 Å². The van der Waals surface area contributed by atoms with E-state index >= 15 is 0 Å². The molecule has 0 unspecified atom stereocenters. The molecular weight excluding hydrogens is 168 g/mol. The van der Waals surface area contributed by atoms with Crippen molar-refractivity contribution in [3.63, 3.8) is 0 Å². The molecule has 0 amide bonds. The summed E-state index contributed by atoms with van der Waals surface area (Å²) in [6, 6.07) is 0. The zero-order valence-electron chi connectivity index (χ0n) is 8.04. The standard InChI is InChI=1S/C10H16O3/c1-2-13-10(11)6-5-9-4-3-7-12-8-9/h4H,2-3,5-8H2,1H3.